The van der Waals surface area contributed by atoms with E-state index in [0.29, 0.717) is 17.7 Å². The summed E-state index contributed by atoms with van der Waals surface area (Å²) in [5.41, 5.74) is 2.33. The van der Waals surface area contributed by atoms with Crippen LogP contribution < -0.4 is 15.6 Å². The van der Waals surface area contributed by atoms with Crippen molar-refractivity contribution in [1.29, 1.82) is 0 Å². The molecule has 1 aliphatic rings. The lowest BCUT2D eigenvalue weighted by Crippen LogP contribution is -2.43. The van der Waals surface area contributed by atoms with Crippen LogP contribution in [0.3, 0.4) is 0 Å². The lowest BCUT2D eigenvalue weighted by molar-refractivity contribution is -0.127. The molecule has 1 amide bonds. The van der Waals surface area contributed by atoms with E-state index in [1.54, 1.807) is 17.5 Å². The van der Waals surface area contributed by atoms with E-state index in [9.17, 15) is 9.59 Å². The predicted octanol–water partition coefficient (Wildman–Crippen LogP) is 2.81. The van der Waals surface area contributed by atoms with Gasteiger partial charge < -0.3 is 14.8 Å². The Hall–Kier alpha value is -3.75. The summed E-state index contributed by atoms with van der Waals surface area (Å²) in [7, 11) is 0. The Bertz CT molecular complexity index is 1610. The molecule has 1 aliphatic heterocycles. The highest BCUT2D eigenvalue weighted by Gasteiger charge is 2.20. The maximum absolute atomic E-state index is 13.4. The van der Waals surface area contributed by atoms with Gasteiger partial charge in [-0.25, -0.2) is 0 Å². The van der Waals surface area contributed by atoms with Crippen molar-refractivity contribution >= 4 is 44.0 Å². The summed E-state index contributed by atoms with van der Waals surface area (Å²) >= 11 is 0. The fourth-order valence-corrected chi connectivity index (χ4v) is 4.99. The number of nitrogens with zero attached hydrogens (tertiary/aromatic N) is 3. The molecule has 0 spiro atoms. The SMILES string of the molecule is C[C@@H](Oc1ccc2c(c1)c1ccnc3c4ccccc4c(=O)n2c13)C(=O)NCCN1CCOCC1. The molecule has 4 heterocycles. The molecular weight excluding hydrogens is 444 g/mol. The van der Waals surface area contributed by atoms with Crippen LogP contribution in [0.2, 0.25) is 0 Å². The Morgan fingerprint density at radius 3 is 2.71 bits per heavy atom. The fraction of sp³-hybridized carbons (Fsp3) is 0.296. The second-order valence-electron chi connectivity index (χ2n) is 8.93. The number of hydrogen-bond acceptors (Lipinski definition) is 6. The first kappa shape index (κ1) is 21.8. The number of aromatic nitrogens is 2. The highest BCUT2D eigenvalue weighted by atomic mass is 16.5. The number of ether oxygens (including phenoxy) is 2. The Morgan fingerprint density at radius 2 is 1.89 bits per heavy atom. The molecule has 0 unspecified atom stereocenters. The Labute approximate surface area is 201 Å². The smallest absolute Gasteiger partial charge is 0.263 e. The van der Waals surface area contributed by atoms with Crippen molar-refractivity contribution in [3.63, 3.8) is 0 Å². The van der Waals surface area contributed by atoms with Crippen molar-refractivity contribution < 1.29 is 14.3 Å². The first-order chi connectivity index (χ1) is 17.1. The number of hydrogen-bond donors (Lipinski definition) is 1. The lowest BCUT2D eigenvalue weighted by atomic mass is 10.1. The number of benzene rings is 2. The summed E-state index contributed by atoms with van der Waals surface area (Å²) in [5, 5.41) is 6.26. The van der Waals surface area contributed by atoms with Gasteiger partial charge in [-0.2, -0.15) is 0 Å². The lowest BCUT2D eigenvalue weighted by Gasteiger charge is -2.26. The number of pyridine rings is 2. The molecule has 2 aromatic carbocycles. The van der Waals surface area contributed by atoms with Crippen molar-refractivity contribution in [3.8, 4) is 5.75 Å². The zero-order chi connectivity index (χ0) is 23.9. The van der Waals surface area contributed by atoms with Crippen LogP contribution in [0.25, 0.3) is 38.1 Å². The molecule has 1 atom stereocenters. The van der Waals surface area contributed by atoms with Crippen LogP contribution in [0.1, 0.15) is 6.92 Å². The van der Waals surface area contributed by atoms with E-state index in [1.165, 1.54) is 0 Å². The van der Waals surface area contributed by atoms with Crippen molar-refractivity contribution in [2.75, 3.05) is 39.4 Å². The number of carbonyl (C=O) groups is 1. The normalized spacial score (nSPS) is 15.8. The second kappa shape index (κ2) is 8.79. The molecule has 8 heteroatoms. The minimum absolute atomic E-state index is 0.0669. The number of carbonyl (C=O) groups excluding carboxylic acids is 1. The number of rotatable bonds is 6. The quantitative estimate of drug-likeness (QED) is 0.384. The van der Waals surface area contributed by atoms with Gasteiger partial charge in [0.15, 0.2) is 6.10 Å². The molecule has 0 bridgehead atoms. The monoisotopic (exact) mass is 470 g/mol. The van der Waals surface area contributed by atoms with Gasteiger partial charge in [0.05, 0.1) is 29.8 Å². The van der Waals surface area contributed by atoms with E-state index in [2.05, 4.69) is 15.2 Å². The molecule has 3 aromatic heterocycles. The standard InChI is InChI=1S/C27H26N4O4/c1-17(26(32)29-10-11-30-12-14-34-15-13-30)35-18-6-7-23-22(16-18)20-8-9-28-24-19-4-2-3-5-21(19)27(33)31(23)25(20)24/h2-9,16-17H,10-15H2,1H3,(H,29,32)/t17-/m1/s1. The van der Waals surface area contributed by atoms with Crippen molar-refractivity contribution in [2.45, 2.75) is 13.0 Å². The first-order valence-electron chi connectivity index (χ1n) is 11.9. The third-order valence-electron chi connectivity index (χ3n) is 6.78. The summed E-state index contributed by atoms with van der Waals surface area (Å²) in [6, 6.07) is 15.1. The van der Waals surface area contributed by atoms with E-state index < -0.39 is 6.10 Å². The van der Waals surface area contributed by atoms with Crippen LogP contribution in [0, 0.1) is 0 Å². The molecule has 1 saturated heterocycles. The Kier molecular flexibility index (Phi) is 5.47. The third kappa shape index (κ3) is 3.75. The van der Waals surface area contributed by atoms with Gasteiger partial charge in [0.25, 0.3) is 11.5 Å². The topological polar surface area (TPSA) is 85.2 Å². The van der Waals surface area contributed by atoms with Gasteiger partial charge in [-0.3, -0.25) is 23.9 Å². The van der Waals surface area contributed by atoms with E-state index in [4.69, 9.17) is 9.47 Å². The van der Waals surface area contributed by atoms with E-state index in [0.717, 1.165) is 65.6 Å². The molecule has 0 saturated carbocycles. The largest absolute Gasteiger partial charge is 0.481 e. The third-order valence-corrected chi connectivity index (χ3v) is 6.78. The number of morpholine rings is 1. The van der Waals surface area contributed by atoms with Crippen molar-refractivity contribution in [1.82, 2.24) is 19.6 Å². The molecule has 8 nitrogen and oxygen atoms in total. The van der Waals surface area contributed by atoms with Crippen LogP contribution in [0.4, 0.5) is 0 Å². The summed E-state index contributed by atoms with van der Waals surface area (Å²) in [6.45, 7) is 6.36. The molecule has 0 radical (unpaired) electrons. The average molecular weight is 471 g/mol. The highest BCUT2D eigenvalue weighted by Crippen LogP contribution is 2.34. The summed E-state index contributed by atoms with van der Waals surface area (Å²) in [4.78, 5) is 32.8. The maximum Gasteiger partial charge on any atom is 0.263 e. The Morgan fingerprint density at radius 1 is 1.09 bits per heavy atom. The number of nitrogens with one attached hydrogen (secondary N) is 1. The predicted molar refractivity (Wildman–Crippen MR) is 136 cm³/mol. The van der Waals surface area contributed by atoms with Gasteiger partial charge in [-0.15, -0.1) is 0 Å². The van der Waals surface area contributed by atoms with Gasteiger partial charge in [0.2, 0.25) is 0 Å². The Balaban J connectivity index is 1.29. The van der Waals surface area contributed by atoms with E-state index in [1.807, 2.05) is 48.5 Å². The molecule has 35 heavy (non-hydrogen) atoms. The van der Waals surface area contributed by atoms with E-state index >= 15 is 0 Å². The minimum atomic E-state index is -0.649. The van der Waals surface area contributed by atoms with Crippen LogP contribution >= 0.6 is 0 Å². The first-order valence-corrected chi connectivity index (χ1v) is 11.9. The van der Waals surface area contributed by atoms with E-state index in [-0.39, 0.29) is 11.5 Å². The van der Waals surface area contributed by atoms with Crippen LogP contribution in [-0.2, 0) is 9.53 Å². The summed E-state index contributed by atoms with van der Waals surface area (Å²) in [6.07, 6.45) is 1.12. The molecule has 1 N–H and O–H groups in total. The second-order valence-corrected chi connectivity index (χ2v) is 8.93. The molecule has 0 aliphatic carbocycles. The summed E-state index contributed by atoms with van der Waals surface area (Å²) < 4.78 is 13.1. The van der Waals surface area contributed by atoms with Crippen LogP contribution in [0.15, 0.2) is 59.5 Å². The molecule has 5 aromatic rings. The molecular formula is C27H26N4O4. The van der Waals surface area contributed by atoms with Gasteiger partial charge in [-0.05, 0) is 37.3 Å². The summed E-state index contributed by atoms with van der Waals surface area (Å²) in [5.74, 6) is 0.422. The average Bonchev–Trinajstić information content (AvgIpc) is 3.22. The number of fused-ring (bicyclic) bond motifs is 5. The van der Waals surface area contributed by atoms with Crippen molar-refractivity contribution in [2.24, 2.45) is 0 Å². The van der Waals surface area contributed by atoms with Crippen LogP contribution in [-0.4, -0.2) is 65.7 Å². The van der Waals surface area contributed by atoms with Gasteiger partial charge in [-0.1, -0.05) is 18.2 Å². The zero-order valence-corrected chi connectivity index (χ0v) is 19.5. The number of amides is 1. The van der Waals surface area contributed by atoms with Gasteiger partial charge >= 0.3 is 0 Å². The van der Waals surface area contributed by atoms with Gasteiger partial charge in [0.1, 0.15) is 5.75 Å². The van der Waals surface area contributed by atoms with Crippen LogP contribution in [0.5, 0.6) is 5.75 Å². The van der Waals surface area contributed by atoms with Crippen molar-refractivity contribution in [3.05, 3.63) is 65.1 Å². The fourth-order valence-electron chi connectivity index (χ4n) is 4.99. The zero-order valence-electron chi connectivity index (χ0n) is 19.5. The molecule has 1 fully saturated rings. The molecule has 178 valence electrons. The minimum Gasteiger partial charge on any atom is -0.481 e. The maximum atomic E-state index is 13.4. The molecule has 6 rings (SSSR count). The highest BCUT2D eigenvalue weighted by molar-refractivity contribution is 6.18. The van der Waals surface area contributed by atoms with Gasteiger partial charge in [0, 0.05) is 53.9 Å².